The highest BCUT2D eigenvalue weighted by molar-refractivity contribution is 8.93. The second-order valence-electron chi connectivity index (χ2n) is 10.1. The number of unbranched alkanes of at least 4 members (excludes halogenated alkanes) is 15. The van der Waals surface area contributed by atoms with Gasteiger partial charge in [0.25, 0.3) is 0 Å². The van der Waals surface area contributed by atoms with E-state index in [0.717, 1.165) is 23.5 Å². The Morgan fingerprint density at radius 3 is 1.15 bits per heavy atom. The second kappa shape index (κ2) is 25.6. The maximum absolute atomic E-state index is 5.53. The molecule has 33 heavy (non-hydrogen) atoms. The molecule has 0 aliphatic rings. The quantitative estimate of drug-likeness (QED) is 0.0735. The van der Waals surface area contributed by atoms with Crippen molar-refractivity contribution in [2.75, 3.05) is 48.5 Å². The smallest absolute Gasteiger partial charge is 0.377 e. The highest BCUT2D eigenvalue weighted by Crippen LogP contribution is 2.17. The molecule has 0 fully saturated rings. The average Bonchev–Trinajstić information content (AvgIpc) is 2.76. The van der Waals surface area contributed by atoms with Gasteiger partial charge in [-0.05, 0) is 12.8 Å². The van der Waals surface area contributed by atoms with Crippen molar-refractivity contribution >= 4 is 25.8 Å². The van der Waals surface area contributed by atoms with Crippen molar-refractivity contribution in [2.45, 2.75) is 122 Å². The third kappa shape index (κ3) is 22.7. The molecule has 0 saturated carbocycles. The van der Waals surface area contributed by atoms with Gasteiger partial charge in [-0.2, -0.15) is 0 Å². The van der Waals surface area contributed by atoms with E-state index in [9.17, 15) is 0 Å². The predicted molar refractivity (Wildman–Crippen MR) is 153 cm³/mol. The van der Waals surface area contributed by atoms with E-state index < -0.39 is 8.80 Å². The van der Waals surface area contributed by atoms with E-state index in [1.54, 1.807) is 21.3 Å². The Labute approximate surface area is 220 Å². The van der Waals surface area contributed by atoms with E-state index in [-0.39, 0.29) is 23.1 Å². The molecule has 0 aromatic heterocycles. The molecule has 0 atom stereocenters. The molecule has 5 nitrogen and oxygen atoms in total. The Morgan fingerprint density at radius 1 is 0.515 bits per heavy atom. The molecule has 0 aliphatic heterocycles. The van der Waals surface area contributed by atoms with Gasteiger partial charge in [-0.1, -0.05) is 96.8 Å². The van der Waals surface area contributed by atoms with Gasteiger partial charge in [0.05, 0.1) is 27.2 Å². The molecular formula is C26H62BrN2O3Si+. The fourth-order valence-corrected chi connectivity index (χ4v) is 6.18. The van der Waals surface area contributed by atoms with Crippen molar-refractivity contribution in [3.8, 4) is 0 Å². The number of hydrogen-bond donors (Lipinski definition) is 1. The van der Waals surface area contributed by atoms with Crippen molar-refractivity contribution in [2.24, 2.45) is 0 Å². The highest BCUT2D eigenvalue weighted by Gasteiger charge is 2.37. The molecule has 0 aromatic carbocycles. The van der Waals surface area contributed by atoms with Crippen LogP contribution in [0.2, 0.25) is 6.04 Å². The summed E-state index contributed by atoms with van der Waals surface area (Å²) >= 11 is 0. The van der Waals surface area contributed by atoms with E-state index in [1.165, 1.54) is 109 Å². The average molecular weight is 559 g/mol. The third-order valence-corrected chi connectivity index (χ3v) is 9.63. The van der Waals surface area contributed by atoms with Gasteiger partial charge in [0.2, 0.25) is 0 Å². The zero-order valence-electron chi connectivity index (χ0n) is 23.4. The Morgan fingerprint density at radius 2 is 0.818 bits per heavy atom. The lowest BCUT2D eigenvalue weighted by molar-refractivity contribution is -0.890. The molecule has 0 radical (unpaired) electrons. The zero-order valence-corrected chi connectivity index (χ0v) is 26.1. The summed E-state index contributed by atoms with van der Waals surface area (Å²) in [4.78, 5) is 0. The lowest BCUT2D eigenvalue weighted by atomic mass is 10.0. The summed E-state index contributed by atoms with van der Waals surface area (Å²) in [5.41, 5.74) is 0. The monoisotopic (exact) mass is 557 g/mol. The summed E-state index contributed by atoms with van der Waals surface area (Å²) in [6.45, 7) is 4.72. The summed E-state index contributed by atoms with van der Waals surface area (Å²) in [6.07, 6.45) is 24.0. The summed E-state index contributed by atoms with van der Waals surface area (Å²) < 4.78 is 17.7. The van der Waals surface area contributed by atoms with Gasteiger partial charge in [0.15, 0.2) is 0 Å². The third-order valence-electron chi connectivity index (χ3n) is 6.80. The first-order valence-corrected chi connectivity index (χ1v) is 15.4. The van der Waals surface area contributed by atoms with Crippen LogP contribution >= 0.6 is 17.0 Å². The van der Waals surface area contributed by atoms with Crippen LogP contribution in [0.3, 0.4) is 0 Å². The minimum Gasteiger partial charge on any atom is -0.377 e. The van der Waals surface area contributed by atoms with Crippen LogP contribution in [0.15, 0.2) is 0 Å². The maximum atomic E-state index is 5.53. The first-order chi connectivity index (χ1) is 14.9. The van der Waals surface area contributed by atoms with Crippen LogP contribution in [0.25, 0.3) is 0 Å². The molecule has 0 aromatic rings. The van der Waals surface area contributed by atoms with Crippen molar-refractivity contribution in [3.05, 3.63) is 0 Å². The Hall–Kier alpha value is 0.497. The Bertz CT molecular complexity index is 378. The van der Waals surface area contributed by atoms with Crippen molar-refractivity contribution in [3.63, 3.8) is 0 Å². The number of rotatable bonds is 24. The van der Waals surface area contributed by atoms with Crippen LogP contribution in [0.4, 0.5) is 0 Å². The van der Waals surface area contributed by atoms with Gasteiger partial charge in [-0.25, -0.2) is 0 Å². The summed E-state index contributed by atoms with van der Waals surface area (Å²) in [7, 11) is 7.40. The van der Waals surface area contributed by atoms with Crippen molar-refractivity contribution in [1.29, 1.82) is 0 Å². The molecular weight excluding hydrogens is 496 g/mol. The van der Waals surface area contributed by atoms with Gasteiger partial charge >= 0.3 is 8.80 Å². The first-order valence-electron chi connectivity index (χ1n) is 13.4. The maximum Gasteiger partial charge on any atom is 0.500 e. The van der Waals surface area contributed by atoms with E-state index in [1.807, 2.05) is 0 Å². The van der Waals surface area contributed by atoms with E-state index in [2.05, 4.69) is 21.0 Å². The van der Waals surface area contributed by atoms with Gasteiger partial charge in [0, 0.05) is 33.8 Å². The van der Waals surface area contributed by atoms with Crippen molar-refractivity contribution < 1.29 is 17.8 Å². The van der Waals surface area contributed by atoms with Crippen LogP contribution in [-0.4, -0.2) is 61.8 Å². The van der Waals surface area contributed by atoms with Gasteiger partial charge in [0.1, 0.15) is 0 Å². The zero-order chi connectivity index (χ0) is 23.3. The lowest BCUT2D eigenvalue weighted by Gasteiger charge is -2.31. The van der Waals surface area contributed by atoms with E-state index in [0.29, 0.717) is 0 Å². The highest BCUT2D eigenvalue weighted by atomic mass is 79.9. The molecule has 0 unspecified atom stereocenters. The summed E-state index contributed by atoms with van der Waals surface area (Å²) in [5, 5.41) is 0. The number of halogens is 1. The summed E-state index contributed by atoms with van der Waals surface area (Å²) in [6, 6.07) is 0.900. The molecule has 0 amide bonds. The minimum atomic E-state index is -2.40. The Balaban J connectivity index is -0.00000450. The van der Waals surface area contributed by atoms with Gasteiger partial charge < -0.3 is 23.9 Å². The first kappa shape index (κ1) is 38.0. The summed E-state index contributed by atoms with van der Waals surface area (Å²) in [5.74, 6) is 0. The number of hydrogen-bond acceptors (Lipinski definition) is 4. The topological polar surface area (TPSA) is 62.7 Å². The van der Waals surface area contributed by atoms with Crippen LogP contribution in [0.1, 0.15) is 116 Å². The van der Waals surface area contributed by atoms with Crippen LogP contribution in [0, 0.1) is 0 Å². The predicted octanol–water partition coefficient (Wildman–Crippen LogP) is 8.33. The molecule has 3 N–H and O–H groups in total. The normalized spacial score (nSPS) is 11.8. The fraction of sp³-hybridized carbons (Fsp3) is 1.00. The number of nitrogens with zero attached hydrogens (tertiary/aromatic N) is 1. The number of quaternary nitrogens is 1. The van der Waals surface area contributed by atoms with E-state index in [4.69, 9.17) is 13.3 Å². The van der Waals surface area contributed by atoms with Crippen LogP contribution < -0.4 is 6.15 Å². The SMILES string of the molecule is Br.CCCCCCCCCCCCCCCCCC[N+](C)(C)CCC[Si](OC)(OC)OC.N. The van der Waals surface area contributed by atoms with Crippen LogP contribution in [0.5, 0.6) is 0 Å². The molecule has 0 saturated heterocycles. The standard InChI is InChI=1S/C26H58NO3Si.BrH.H3N/c1-7-8-9-10-11-12-13-14-15-16-17-18-19-20-21-22-24-27(2,3)25-23-26-31(28-4,29-5)30-6;;/h7-26H2,1-6H3;1H;1H3/q+1;;. The molecule has 0 rings (SSSR count). The molecule has 7 heteroatoms. The van der Waals surface area contributed by atoms with Gasteiger partial charge in [-0.15, -0.1) is 17.0 Å². The molecule has 0 heterocycles. The van der Waals surface area contributed by atoms with E-state index >= 15 is 0 Å². The fourth-order valence-electron chi connectivity index (χ4n) is 4.48. The minimum absolute atomic E-state index is 0. The molecule has 0 spiro atoms. The van der Waals surface area contributed by atoms with Crippen LogP contribution in [-0.2, 0) is 13.3 Å². The van der Waals surface area contributed by atoms with Gasteiger partial charge in [-0.3, -0.25) is 0 Å². The second-order valence-corrected chi connectivity index (χ2v) is 13.2. The molecule has 0 bridgehead atoms. The lowest BCUT2D eigenvalue weighted by Crippen LogP contribution is -2.45. The molecule has 0 aliphatic carbocycles. The Kier molecular flexibility index (Phi) is 29.5. The van der Waals surface area contributed by atoms with Crippen molar-refractivity contribution in [1.82, 2.24) is 6.15 Å². The largest absolute Gasteiger partial charge is 0.500 e. The molecule has 204 valence electrons.